The van der Waals surface area contributed by atoms with Crippen molar-refractivity contribution in [2.45, 2.75) is 263 Å². The van der Waals surface area contributed by atoms with E-state index < -0.39 is 81.1 Å². The van der Waals surface area contributed by atoms with E-state index in [4.69, 9.17) is 14.0 Å². The number of phosphoric ester groups is 1. The second-order valence-corrected chi connectivity index (χ2v) is 19.3. The smallest absolute Gasteiger partial charge is 0.470 e. The first-order chi connectivity index (χ1) is 30.3. The van der Waals surface area contributed by atoms with Crippen molar-refractivity contribution >= 4 is 31.6 Å². The Hall–Kier alpha value is -2.09. The first-order valence-electron chi connectivity index (χ1n) is 25.4. The van der Waals surface area contributed by atoms with Crippen molar-refractivity contribution in [2.75, 3.05) is 13.2 Å². The monoisotopic (exact) mass is 919 g/mol. The number of rotatable bonds is 42. The molecule has 15 heteroatoms. The van der Waals surface area contributed by atoms with E-state index in [9.17, 15) is 43.7 Å². The van der Waals surface area contributed by atoms with Crippen molar-refractivity contribution in [3.63, 3.8) is 0 Å². The van der Waals surface area contributed by atoms with Crippen LogP contribution in [-0.2, 0) is 37.7 Å². The number of ether oxygens (including phenoxy) is 2. The average molecular weight is 919 g/mol. The van der Waals surface area contributed by atoms with Gasteiger partial charge in [-0.1, -0.05) is 207 Å². The second-order valence-electron chi connectivity index (χ2n) is 18.1. The van der Waals surface area contributed by atoms with Crippen molar-refractivity contribution in [3.8, 4) is 0 Å². The van der Waals surface area contributed by atoms with Crippen LogP contribution < -0.4 is 10.6 Å². The van der Waals surface area contributed by atoms with Crippen molar-refractivity contribution in [2.24, 2.45) is 5.92 Å². The Kier molecular flexibility index (Phi) is 35.6. The molecule has 0 aliphatic carbocycles. The van der Waals surface area contributed by atoms with E-state index in [2.05, 4.69) is 31.4 Å². The van der Waals surface area contributed by atoms with Gasteiger partial charge in [0.2, 0.25) is 5.91 Å². The summed E-state index contributed by atoms with van der Waals surface area (Å²) in [6.45, 7) is 5.40. The number of unbranched alkanes of at least 4 members (excludes halogenated alkanes) is 26. The Morgan fingerprint density at radius 2 is 1.02 bits per heavy atom. The summed E-state index contributed by atoms with van der Waals surface area (Å²) in [7, 11) is -5.37. The highest BCUT2D eigenvalue weighted by Crippen LogP contribution is 2.41. The number of aliphatic carboxylic acids is 1. The van der Waals surface area contributed by atoms with E-state index >= 15 is 0 Å². The lowest BCUT2D eigenvalue weighted by Crippen LogP contribution is -2.64. The minimum atomic E-state index is -5.37. The first kappa shape index (κ1) is 58.9. The standard InChI is InChI=1S/C48H91N2O12P/c1-4-7-10-13-16-19-22-24-27-30-33-39(34-31-28-25-23-20-17-14-11-8-5-2)48(56)61-44-41(38-60-46(45(44)62-63(57,58)59)47(55)49-37-43(53)54)50-42(52)36-40(51)35-32-29-26-21-18-15-12-9-6-3/h39-41,44-46,51H,4-38H2,1-3H3,(H,49,55)(H,50,52)(H,53,54)(H2,57,58,59)/t40-,41+,44-,45+,46+/m1/s1. The van der Waals surface area contributed by atoms with E-state index in [1.807, 2.05) is 0 Å². The lowest BCUT2D eigenvalue weighted by molar-refractivity contribution is -0.190. The fourth-order valence-electron chi connectivity index (χ4n) is 8.47. The Morgan fingerprint density at radius 3 is 1.41 bits per heavy atom. The molecule has 0 saturated carbocycles. The molecule has 5 atom stereocenters. The third-order valence-corrected chi connectivity index (χ3v) is 12.7. The molecule has 0 aromatic rings. The summed E-state index contributed by atoms with van der Waals surface area (Å²) >= 11 is 0. The number of amides is 2. The summed E-state index contributed by atoms with van der Waals surface area (Å²) in [5.74, 6) is -4.15. The SMILES string of the molecule is CCCCCCCCCCCCC(CCCCCCCCCCCC)C(=O)O[C@H]1[C@H](OP(=O)(O)O)[C@@H](C(=O)NCC(=O)O)OC[C@@H]1NC(=O)C[C@H](O)CCCCCCCCCCC. The zero-order valence-corrected chi connectivity index (χ0v) is 40.6. The maximum absolute atomic E-state index is 14.2. The van der Waals surface area contributed by atoms with Crippen LogP contribution in [0, 0.1) is 5.92 Å². The molecule has 0 unspecified atom stereocenters. The second kappa shape index (κ2) is 38.1. The summed E-state index contributed by atoms with van der Waals surface area (Å²) < 4.78 is 29.2. The van der Waals surface area contributed by atoms with Gasteiger partial charge in [-0.15, -0.1) is 0 Å². The minimum Gasteiger partial charge on any atom is -0.480 e. The highest BCUT2D eigenvalue weighted by molar-refractivity contribution is 7.46. The van der Waals surface area contributed by atoms with Gasteiger partial charge in [-0.2, -0.15) is 0 Å². The van der Waals surface area contributed by atoms with E-state index in [-0.39, 0.29) is 6.42 Å². The molecular weight excluding hydrogens is 828 g/mol. The number of phosphoric acid groups is 1. The summed E-state index contributed by atoms with van der Waals surface area (Å²) in [5.41, 5.74) is 0. The summed E-state index contributed by atoms with van der Waals surface area (Å²) in [6, 6.07) is -1.20. The molecule has 1 aliphatic rings. The predicted molar refractivity (Wildman–Crippen MR) is 248 cm³/mol. The topological polar surface area (TPSA) is 218 Å². The van der Waals surface area contributed by atoms with Crippen LogP contribution in [0.4, 0.5) is 0 Å². The molecular formula is C48H91N2O12P. The zero-order chi connectivity index (χ0) is 46.6. The van der Waals surface area contributed by atoms with Crippen LogP contribution in [0.25, 0.3) is 0 Å². The van der Waals surface area contributed by atoms with Crippen molar-refractivity contribution in [1.82, 2.24) is 10.6 Å². The van der Waals surface area contributed by atoms with Crippen molar-refractivity contribution in [3.05, 3.63) is 0 Å². The largest absolute Gasteiger partial charge is 0.480 e. The molecule has 0 bridgehead atoms. The van der Waals surface area contributed by atoms with Crippen LogP contribution >= 0.6 is 7.82 Å². The molecule has 1 heterocycles. The molecule has 1 rings (SSSR count). The Bertz CT molecular complexity index is 1210. The molecule has 63 heavy (non-hydrogen) atoms. The number of hydrogen-bond donors (Lipinski definition) is 6. The van der Waals surface area contributed by atoms with Gasteiger partial charge >= 0.3 is 19.8 Å². The Balaban J connectivity index is 3.12. The fourth-order valence-corrected chi connectivity index (χ4v) is 9.02. The van der Waals surface area contributed by atoms with Gasteiger partial charge in [0.1, 0.15) is 12.6 Å². The van der Waals surface area contributed by atoms with Crippen LogP contribution in [0.2, 0.25) is 0 Å². The van der Waals surface area contributed by atoms with E-state index in [1.54, 1.807) is 0 Å². The highest BCUT2D eigenvalue weighted by atomic mass is 31.2. The van der Waals surface area contributed by atoms with Crippen LogP contribution in [0.5, 0.6) is 0 Å². The van der Waals surface area contributed by atoms with Crippen LogP contribution in [0.15, 0.2) is 0 Å². The third kappa shape index (κ3) is 31.5. The number of esters is 1. The Labute approximate surface area is 381 Å². The molecule has 0 spiro atoms. The number of hydrogen-bond acceptors (Lipinski definition) is 9. The molecule has 6 N–H and O–H groups in total. The number of aliphatic hydroxyl groups excluding tert-OH is 1. The predicted octanol–water partition coefficient (Wildman–Crippen LogP) is 10.4. The highest BCUT2D eigenvalue weighted by Gasteiger charge is 2.50. The van der Waals surface area contributed by atoms with Gasteiger partial charge in [0.15, 0.2) is 12.2 Å². The number of nitrogens with one attached hydrogen (secondary N) is 2. The maximum atomic E-state index is 14.2. The molecule has 0 aromatic heterocycles. The maximum Gasteiger partial charge on any atom is 0.470 e. The first-order valence-corrected chi connectivity index (χ1v) is 26.9. The van der Waals surface area contributed by atoms with Gasteiger partial charge in [-0.3, -0.25) is 23.7 Å². The molecule has 14 nitrogen and oxygen atoms in total. The van der Waals surface area contributed by atoms with E-state index in [0.29, 0.717) is 19.3 Å². The number of carbonyl (C=O) groups is 4. The molecule has 1 fully saturated rings. The number of carboxylic acid groups (broad SMARTS) is 1. The number of carbonyl (C=O) groups excluding carboxylic acids is 3. The summed E-state index contributed by atoms with van der Waals surface area (Å²) in [5, 5.41) is 24.8. The summed E-state index contributed by atoms with van der Waals surface area (Å²) in [6.07, 6.45) is 27.7. The quantitative estimate of drug-likeness (QED) is 0.0191. The van der Waals surface area contributed by atoms with Crippen LogP contribution in [-0.4, -0.2) is 87.4 Å². The van der Waals surface area contributed by atoms with Gasteiger partial charge in [-0.05, 0) is 19.3 Å². The average Bonchev–Trinajstić information content (AvgIpc) is 3.23. The fraction of sp³-hybridized carbons (Fsp3) is 0.917. The number of carboxylic acids is 1. The van der Waals surface area contributed by atoms with Crippen molar-refractivity contribution in [1.29, 1.82) is 0 Å². The number of aliphatic hydroxyl groups is 1. The molecule has 1 aliphatic heterocycles. The molecule has 0 radical (unpaired) electrons. The zero-order valence-electron chi connectivity index (χ0n) is 39.7. The van der Waals surface area contributed by atoms with Gasteiger partial charge in [0.25, 0.3) is 5.91 Å². The van der Waals surface area contributed by atoms with E-state index in [0.717, 1.165) is 77.0 Å². The molecule has 370 valence electrons. The normalized spacial score (nSPS) is 18.3. The van der Waals surface area contributed by atoms with Crippen LogP contribution in [0.3, 0.4) is 0 Å². The van der Waals surface area contributed by atoms with Gasteiger partial charge < -0.3 is 40.1 Å². The summed E-state index contributed by atoms with van der Waals surface area (Å²) in [4.78, 5) is 72.0. The lowest BCUT2D eigenvalue weighted by Gasteiger charge is -2.41. The van der Waals surface area contributed by atoms with Gasteiger partial charge in [-0.25, -0.2) is 4.57 Å². The van der Waals surface area contributed by atoms with Gasteiger partial charge in [0.05, 0.1) is 31.1 Å². The van der Waals surface area contributed by atoms with Crippen LogP contribution in [0.1, 0.15) is 233 Å². The molecule has 2 amide bonds. The Morgan fingerprint density at radius 1 is 0.619 bits per heavy atom. The van der Waals surface area contributed by atoms with Gasteiger partial charge in [0, 0.05) is 0 Å². The van der Waals surface area contributed by atoms with E-state index in [1.165, 1.54) is 109 Å². The molecule has 1 saturated heterocycles. The molecule has 0 aromatic carbocycles. The third-order valence-electron chi connectivity index (χ3n) is 12.2. The lowest BCUT2D eigenvalue weighted by atomic mass is 9.93. The minimum absolute atomic E-state index is 0.263. The van der Waals surface area contributed by atoms with Crippen molar-refractivity contribution < 1.29 is 57.7 Å².